The van der Waals surface area contributed by atoms with Crippen LogP contribution >= 0.6 is 45.2 Å². The van der Waals surface area contributed by atoms with Gasteiger partial charge in [0, 0.05) is 0 Å². The van der Waals surface area contributed by atoms with Crippen molar-refractivity contribution < 1.29 is 20.4 Å². The molecule has 0 amide bonds. The highest BCUT2D eigenvalue weighted by atomic mass is 127. The fourth-order valence-electron chi connectivity index (χ4n) is 0.641. The molecule has 0 heterocycles. The van der Waals surface area contributed by atoms with Gasteiger partial charge in [0.05, 0.1) is 0 Å². The van der Waals surface area contributed by atoms with Crippen molar-refractivity contribution in [3.8, 4) is 23.0 Å². The van der Waals surface area contributed by atoms with Crippen LogP contribution in [-0.2, 0) is 0 Å². The smallest absolute Gasteiger partial charge is 0.202 e. The van der Waals surface area contributed by atoms with E-state index in [4.69, 9.17) is 15.3 Å². The first-order chi connectivity index (χ1) is 5.46. The fraction of sp³-hybridized carbons (Fsp3) is 0. The summed E-state index contributed by atoms with van der Waals surface area (Å²) in [5.74, 6) is -1.86. The first kappa shape index (κ1) is 9.96. The molecule has 1 rings (SSSR count). The van der Waals surface area contributed by atoms with Gasteiger partial charge >= 0.3 is 0 Å². The van der Waals surface area contributed by atoms with Crippen LogP contribution in [0.25, 0.3) is 0 Å². The molecule has 4 N–H and O–H groups in total. The SMILES string of the molecule is Oc1c(O)c(I)c(O)c(I)c1O. The van der Waals surface area contributed by atoms with Gasteiger partial charge in [0.2, 0.25) is 5.75 Å². The molecule has 0 aliphatic heterocycles. The minimum Gasteiger partial charge on any atom is -0.505 e. The van der Waals surface area contributed by atoms with Crippen molar-refractivity contribution in [3.05, 3.63) is 7.14 Å². The molecule has 0 aliphatic carbocycles. The molecule has 0 aromatic heterocycles. The first-order valence-corrected chi connectivity index (χ1v) is 4.93. The molecule has 0 unspecified atom stereocenters. The van der Waals surface area contributed by atoms with Crippen LogP contribution in [0.1, 0.15) is 0 Å². The summed E-state index contributed by atoms with van der Waals surface area (Å²) in [7, 11) is 0. The van der Waals surface area contributed by atoms with Crippen LogP contribution in [0.2, 0.25) is 0 Å². The summed E-state index contributed by atoms with van der Waals surface area (Å²) in [6.07, 6.45) is 0. The van der Waals surface area contributed by atoms with E-state index in [1.807, 2.05) is 0 Å². The van der Waals surface area contributed by atoms with Gasteiger partial charge < -0.3 is 20.4 Å². The lowest BCUT2D eigenvalue weighted by Crippen LogP contribution is -1.83. The molecule has 6 heteroatoms. The molecule has 0 aliphatic rings. The zero-order valence-corrected chi connectivity index (χ0v) is 9.86. The Morgan fingerprint density at radius 1 is 0.583 bits per heavy atom. The Morgan fingerprint density at radius 3 is 1.25 bits per heavy atom. The Morgan fingerprint density at radius 2 is 0.917 bits per heavy atom. The molecule has 4 nitrogen and oxygen atoms in total. The lowest BCUT2D eigenvalue weighted by Gasteiger charge is -2.07. The van der Waals surface area contributed by atoms with Gasteiger partial charge in [0.25, 0.3) is 0 Å². The fourth-order valence-corrected chi connectivity index (χ4v) is 2.21. The van der Waals surface area contributed by atoms with Crippen molar-refractivity contribution in [1.82, 2.24) is 0 Å². The van der Waals surface area contributed by atoms with Gasteiger partial charge in [0.15, 0.2) is 11.5 Å². The van der Waals surface area contributed by atoms with Crippen molar-refractivity contribution in [2.24, 2.45) is 0 Å². The average Bonchev–Trinajstić information content (AvgIpc) is 2.08. The Kier molecular flexibility index (Phi) is 2.76. The van der Waals surface area contributed by atoms with Gasteiger partial charge in [-0.05, 0) is 45.2 Å². The van der Waals surface area contributed by atoms with Crippen LogP contribution < -0.4 is 0 Å². The van der Waals surface area contributed by atoms with E-state index in [1.165, 1.54) is 0 Å². The standard InChI is InChI=1S/C6H4I2O4/c7-1-3(9)2(8)5(11)6(12)4(1)10/h9-12H. The maximum atomic E-state index is 9.25. The molecule has 0 atom stereocenters. The highest BCUT2D eigenvalue weighted by Gasteiger charge is 2.19. The van der Waals surface area contributed by atoms with Crippen molar-refractivity contribution in [2.45, 2.75) is 0 Å². The van der Waals surface area contributed by atoms with Crippen LogP contribution in [0, 0.1) is 7.14 Å². The van der Waals surface area contributed by atoms with E-state index in [0.29, 0.717) is 0 Å². The maximum Gasteiger partial charge on any atom is 0.202 e. The molecule has 0 saturated heterocycles. The van der Waals surface area contributed by atoms with E-state index in [0.717, 1.165) is 0 Å². The topological polar surface area (TPSA) is 80.9 Å². The Bertz CT molecular complexity index is 232. The molecule has 66 valence electrons. The van der Waals surface area contributed by atoms with Crippen LogP contribution in [0.4, 0.5) is 0 Å². The van der Waals surface area contributed by atoms with Gasteiger partial charge in [-0.1, -0.05) is 0 Å². The van der Waals surface area contributed by atoms with Crippen LogP contribution in [0.3, 0.4) is 0 Å². The lowest BCUT2D eigenvalue weighted by molar-refractivity contribution is 0.355. The minimum absolute atomic E-state index is 0.118. The maximum absolute atomic E-state index is 9.25. The Labute approximate surface area is 95.1 Å². The van der Waals surface area contributed by atoms with Crippen molar-refractivity contribution in [2.75, 3.05) is 0 Å². The molecule has 1 aromatic carbocycles. The van der Waals surface area contributed by atoms with E-state index in [9.17, 15) is 5.11 Å². The number of hydrogen-bond donors (Lipinski definition) is 4. The molecular weight excluding hydrogens is 390 g/mol. The number of halogens is 2. The van der Waals surface area contributed by atoms with Gasteiger partial charge in [-0.25, -0.2) is 0 Å². The second-order valence-electron chi connectivity index (χ2n) is 2.02. The zero-order chi connectivity index (χ0) is 9.46. The van der Waals surface area contributed by atoms with Gasteiger partial charge in [-0.15, -0.1) is 0 Å². The van der Waals surface area contributed by atoms with Crippen molar-refractivity contribution >= 4 is 45.2 Å². The number of hydrogen-bond acceptors (Lipinski definition) is 4. The number of rotatable bonds is 0. The van der Waals surface area contributed by atoms with E-state index in [1.54, 1.807) is 45.2 Å². The second kappa shape index (κ2) is 3.32. The molecule has 0 radical (unpaired) electrons. The Balaban J connectivity index is 3.60. The van der Waals surface area contributed by atoms with Crippen LogP contribution in [0.5, 0.6) is 23.0 Å². The quantitative estimate of drug-likeness (QED) is 0.307. The molecule has 0 bridgehead atoms. The van der Waals surface area contributed by atoms with E-state index in [-0.39, 0.29) is 12.9 Å². The summed E-state index contributed by atoms with van der Waals surface area (Å²) in [4.78, 5) is 0. The van der Waals surface area contributed by atoms with Crippen molar-refractivity contribution in [1.29, 1.82) is 0 Å². The highest BCUT2D eigenvalue weighted by Crippen LogP contribution is 2.47. The van der Waals surface area contributed by atoms with Gasteiger partial charge in [-0.2, -0.15) is 0 Å². The molecule has 0 spiro atoms. The average molecular weight is 394 g/mol. The molecule has 0 fully saturated rings. The molecule has 1 aromatic rings. The minimum atomic E-state index is -0.610. The summed E-state index contributed by atoms with van der Waals surface area (Å²) in [5.41, 5.74) is 0. The first-order valence-electron chi connectivity index (χ1n) is 2.77. The molecular formula is C6H4I2O4. The summed E-state index contributed by atoms with van der Waals surface area (Å²) in [5, 5.41) is 36.5. The van der Waals surface area contributed by atoms with E-state index >= 15 is 0 Å². The van der Waals surface area contributed by atoms with Crippen LogP contribution in [-0.4, -0.2) is 20.4 Å². The van der Waals surface area contributed by atoms with Crippen molar-refractivity contribution in [3.63, 3.8) is 0 Å². The summed E-state index contributed by atoms with van der Waals surface area (Å²) in [6.45, 7) is 0. The van der Waals surface area contributed by atoms with E-state index in [2.05, 4.69) is 0 Å². The van der Waals surface area contributed by atoms with E-state index < -0.39 is 17.2 Å². The lowest BCUT2D eigenvalue weighted by atomic mass is 10.3. The third kappa shape index (κ3) is 1.37. The third-order valence-electron chi connectivity index (χ3n) is 1.28. The second-order valence-corrected chi connectivity index (χ2v) is 4.18. The largest absolute Gasteiger partial charge is 0.505 e. The zero-order valence-electron chi connectivity index (χ0n) is 5.54. The number of phenols is 4. The predicted molar refractivity (Wildman–Crippen MR) is 58.5 cm³/mol. The summed E-state index contributed by atoms with van der Waals surface area (Å²) >= 11 is 3.32. The highest BCUT2D eigenvalue weighted by molar-refractivity contribution is 14.1. The summed E-state index contributed by atoms with van der Waals surface area (Å²) in [6, 6.07) is 0. The van der Waals surface area contributed by atoms with Crippen LogP contribution in [0.15, 0.2) is 0 Å². The molecule has 12 heavy (non-hydrogen) atoms. The molecule has 0 saturated carbocycles. The Hall–Kier alpha value is -0.120. The van der Waals surface area contributed by atoms with Gasteiger partial charge in [0.1, 0.15) is 12.9 Å². The predicted octanol–water partition coefficient (Wildman–Crippen LogP) is 1.72. The number of phenolic OH excluding ortho intramolecular Hbond substituents is 4. The number of benzene rings is 1. The monoisotopic (exact) mass is 394 g/mol. The number of aromatic hydroxyl groups is 4. The summed E-state index contributed by atoms with van der Waals surface area (Å²) < 4.78 is 0.236. The third-order valence-corrected chi connectivity index (χ3v) is 3.32. The van der Waals surface area contributed by atoms with Gasteiger partial charge in [-0.3, -0.25) is 0 Å². The normalized spacial score (nSPS) is 10.2.